The largest absolute Gasteiger partial charge is 0.329 e. The lowest BCUT2D eigenvalue weighted by molar-refractivity contribution is 0.657. The van der Waals surface area contributed by atoms with Crippen molar-refractivity contribution in [3.63, 3.8) is 0 Å². The Morgan fingerprint density at radius 3 is 2.83 bits per heavy atom. The summed E-state index contributed by atoms with van der Waals surface area (Å²) in [4.78, 5) is 8.87. The van der Waals surface area contributed by atoms with E-state index in [1.807, 2.05) is 19.3 Å². The third-order valence-electron chi connectivity index (χ3n) is 2.85. The number of hydrogen-bond donors (Lipinski definition) is 1. The third-order valence-corrected chi connectivity index (χ3v) is 2.85. The number of nitrogens with zero attached hydrogens (tertiary/aromatic N) is 3. The van der Waals surface area contributed by atoms with E-state index in [0.717, 1.165) is 43.3 Å². The molecule has 0 saturated carbocycles. The molecule has 0 amide bonds. The van der Waals surface area contributed by atoms with Crippen LogP contribution in [0.5, 0.6) is 0 Å². The van der Waals surface area contributed by atoms with Gasteiger partial charge in [0.25, 0.3) is 0 Å². The summed E-state index contributed by atoms with van der Waals surface area (Å²) < 4.78 is 2.10. The van der Waals surface area contributed by atoms with Crippen molar-refractivity contribution in [3.05, 3.63) is 47.8 Å². The van der Waals surface area contributed by atoms with Crippen LogP contribution in [-0.4, -0.2) is 21.1 Å². The molecular weight excluding hydrogens is 224 g/mol. The first-order valence-corrected chi connectivity index (χ1v) is 6.43. The zero-order valence-corrected chi connectivity index (χ0v) is 11.1. The molecule has 0 aliphatic rings. The predicted octanol–water partition coefficient (Wildman–Crippen LogP) is 2.13. The molecule has 0 saturated heterocycles. The van der Waals surface area contributed by atoms with Crippen LogP contribution in [0, 0.1) is 6.92 Å². The minimum atomic E-state index is 0.785. The SMILES string of the molecule is CCCNCc1cccc(Cn2ccnc2C)n1. The molecular formula is C14H20N4. The van der Waals surface area contributed by atoms with Gasteiger partial charge in [0.1, 0.15) is 5.82 Å². The van der Waals surface area contributed by atoms with Crippen LogP contribution in [0.3, 0.4) is 0 Å². The Kier molecular flexibility index (Phi) is 4.47. The molecule has 2 heterocycles. The molecule has 4 nitrogen and oxygen atoms in total. The Hall–Kier alpha value is -1.68. The summed E-state index contributed by atoms with van der Waals surface area (Å²) in [5.74, 6) is 1.02. The van der Waals surface area contributed by atoms with E-state index in [2.05, 4.69) is 45.0 Å². The van der Waals surface area contributed by atoms with E-state index in [9.17, 15) is 0 Å². The van der Waals surface area contributed by atoms with Gasteiger partial charge in [-0.15, -0.1) is 0 Å². The van der Waals surface area contributed by atoms with Gasteiger partial charge in [-0.3, -0.25) is 4.98 Å². The molecule has 0 fully saturated rings. The molecule has 4 heteroatoms. The van der Waals surface area contributed by atoms with E-state index in [1.54, 1.807) is 0 Å². The van der Waals surface area contributed by atoms with E-state index in [-0.39, 0.29) is 0 Å². The summed E-state index contributed by atoms with van der Waals surface area (Å²) in [7, 11) is 0. The smallest absolute Gasteiger partial charge is 0.105 e. The van der Waals surface area contributed by atoms with Gasteiger partial charge in [-0.05, 0) is 32.0 Å². The van der Waals surface area contributed by atoms with Crippen molar-refractivity contribution in [2.75, 3.05) is 6.54 Å². The van der Waals surface area contributed by atoms with Gasteiger partial charge in [-0.25, -0.2) is 4.98 Å². The lowest BCUT2D eigenvalue weighted by Crippen LogP contribution is -2.15. The molecule has 0 unspecified atom stereocenters. The van der Waals surface area contributed by atoms with Crippen molar-refractivity contribution in [2.45, 2.75) is 33.4 Å². The standard InChI is InChI=1S/C14H20N4/c1-3-7-15-10-13-5-4-6-14(17-13)11-18-9-8-16-12(18)2/h4-6,8-9,15H,3,7,10-11H2,1-2H3. The highest BCUT2D eigenvalue weighted by molar-refractivity contribution is 5.12. The minimum absolute atomic E-state index is 0.785. The monoisotopic (exact) mass is 244 g/mol. The molecule has 2 aromatic rings. The fourth-order valence-electron chi connectivity index (χ4n) is 1.85. The second kappa shape index (κ2) is 6.31. The number of aromatic nitrogens is 3. The van der Waals surface area contributed by atoms with Crippen LogP contribution in [0.4, 0.5) is 0 Å². The molecule has 96 valence electrons. The first-order chi connectivity index (χ1) is 8.79. The van der Waals surface area contributed by atoms with Crippen LogP contribution in [0.1, 0.15) is 30.6 Å². The second-order valence-corrected chi connectivity index (χ2v) is 4.40. The van der Waals surface area contributed by atoms with Gasteiger partial charge >= 0.3 is 0 Å². The van der Waals surface area contributed by atoms with Gasteiger partial charge in [0.15, 0.2) is 0 Å². The fourth-order valence-corrected chi connectivity index (χ4v) is 1.85. The molecule has 2 rings (SSSR count). The number of aryl methyl sites for hydroxylation is 1. The summed E-state index contributed by atoms with van der Waals surface area (Å²) in [5.41, 5.74) is 2.17. The molecule has 0 bridgehead atoms. The number of imidazole rings is 1. The Morgan fingerprint density at radius 2 is 2.11 bits per heavy atom. The summed E-state index contributed by atoms with van der Waals surface area (Å²) in [6.07, 6.45) is 4.95. The average Bonchev–Trinajstić information content (AvgIpc) is 2.76. The van der Waals surface area contributed by atoms with Crippen molar-refractivity contribution < 1.29 is 0 Å². The maximum Gasteiger partial charge on any atom is 0.105 e. The molecule has 18 heavy (non-hydrogen) atoms. The lowest BCUT2D eigenvalue weighted by atomic mass is 10.3. The van der Waals surface area contributed by atoms with E-state index >= 15 is 0 Å². The van der Waals surface area contributed by atoms with Crippen LogP contribution in [-0.2, 0) is 13.1 Å². The zero-order valence-electron chi connectivity index (χ0n) is 11.1. The van der Waals surface area contributed by atoms with Gasteiger partial charge in [0.05, 0.1) is 17.9 Å². The highest BCUT2D eigenvalue weighted by atomic mass is 15.1. The van der Waals surface area contributed by atoms with Crippen LogP contribution in [0.25, 0.3) is 0 Å². The Morgan fingerprint density at radius 1 is 1.28 bits per heavy atom. The summed E-state index contributed by atoms with van der Waals surface area (Å²) in [6, 6.07) is 6.19. The number of nitrogens with one attached hydrogen (secondary N) is 1. The number of rotatable bonds is 6. The van der Waals surface area contributed by atoms with Crippen LogP contribution < -0.4 is 5.32 Å². The Labute approximate surface area is 108 Å². The van der Waals surface area contributed by atoms with Gasteiger partial charge in [0, 0.05) is 18.9 Å². The zero-order chi connectivity index (χ0) is 12.8. The van der Waals surface area contributed by atoms with Gasteiger partial charge in [-0.2, -0.15) is 0 Å². The van der Waals surface area contributed by atoms with Crippen molar-refractivity contribution in [1.29, 1.82) is 0 Å². The first-order valence-electron chi connectivity index (χ1n) is 6.43. The molecule has 2 aromatic heterocycles. The van der Waals surface area contributed by atoms with Crippen molar-refractivity contribution in [1.82, 2.24) is 19.9 Å². The average molecular weight is 244 g/mol. The second-order valence-electron chi connectivity index (χ2n) is 4.40. The van der Waals surface area contributed by atoms with Crippen molar-refractivity contribution >= 4 is 0 Å². The van der Waals surface area contributed by atoms with Crippen molar-refractivity contribution in [3.8, 4) is 0 Å². The minimum Gasteiger partial charge on any atom is -0.329 e. The number of hydrogen-bond acceptors (Lipinski definition) is 3. The molecule has 1 N–H and O–H groups in total. The maximum atomic E-state index is 4.65. The molecule has 0 aromatic carbocycles. The van der Waals surface area contributed by atoms with Gasteiger partial charge in [0.2, 0.25) is 0 Å². The van der Waals surface area contributed by atoms with E-state index in [0.29, 0.717) is 0 Å². The topological polar surface area (TPSA) is 42.7 Å². The van der Waals surface area contributed by atoms with E-state index in [4.69, 9.17) is 0 Å². The predicted molar refractivity (Wildman–Crippen MR) is 72.3 cm³/mol. The van der Waals surface area contributed by atoms with Gasteiger partial charge in [-0.1, -0.05) is 13.0 Å². The van der Waals surface area contributed by atoms with Crippen LogP contribution >= 0.6 is 0 Å². The normalized spacial score (nSPS) is 10.8. The lowest BCUT2D eigenvalue weighted by Gasteiger charge is -2.07. The third kappa shape index (κ3) is 3.40. The summed E-state index contributed by atoms with van der Waals surface area (Å²) >= 11 is 0. The highest BCUT2D eigenvalue weighted by Crippen LogP contribution is 2.04. The van der Waals surface area contributed by atoms with Crippen molar-refractivity contribution in [2.24, 2.45) is 0 Å². The number of pyridine rings is 1. The molecule has 0 spiro atoms. The fraction of sp³-hybridized carbons (Fsp3) is 0.429. The molecule has 0 atom stereocenters. The molecule has 0 aliphatic heterocycles. The Balaban J connectivity index is 2.01. The van der Waals surface area contributed by atoms with Gasteiger partial charge < -0.3 is 9.88 Å². The highest BCUT2D eigenvalue weighted by Gasteiger charge is 2.01. The van der Waals surface area contributed by atoms with E-state index in [1.165, 1.54) is 0 Å². The maximum absolute atomic E-state index is 4.65. The Bertz CT molecular complexity index is 490. The molecule has 0 radical (unpaired) electrons. The van der Waals surface area contributed by atoms with Crippen LogP contribution in [0.15, 0.2) is 30.6 Å². The summed E-state index contributed by atoms with van der Waals surface area (Å²) in [5, 5.41) is 3.37. The molecule has 0 aliphatic carbocycles. The van der Waals surface area contributed by atoms with E-state index < -0.39 is 0 Å². The quantitative estimate of drug-likeness (QED) is 0.792. The first kappa shape index (κ1) is 12.8. The summed E-state index contributed by atoms with van der Waals surface area (Å²) in [6.45, 7) is 6.83. The van der Waals surface area contributed by atoms with Crippen LogP contribution in [0.2, 0.25) is 0 Å².